The summed E-state index contributed by atoms with van der Waals surface area (Å²) in [7, 11) is 1.75. The lowest BCUT2D eigenvalue weighted by molar-refractivity contribution is 0.0967. The number of anilines is 2. The molecule has 7 nitrogen and oxygen atoms in total. The molecule has 33 heavy (non-hydrogen) atoms. The summed E-state index contributed by atoms with van der Waals surface area (Å²) in [6.45, 7) is 1.50. The van der Waals surface area contributed by atoms with Gasteiger partial charge in [-0.3, -0.25) is 13.9 Å². The zero-order valence-electron chi connectivity index (χ0n) is 18.3. The average molecular weight is 492 g/mol. The summed E-state index contributed by atoms with van der Waals surface area (Å²) in [6, 6.07) is 7.13. The van der Waals surface area contributed by atoms with Gasteiger partial charge in [0.2, 0.25) is 5.16 Å². The Kier molecular flexibility index (Phi) is 5.92. The molecule has 2 unspecified atom stereocenters. The SMILES string of the molecule is CN(C)c1nc(S(C)=O)nc2c1C(=O)N(c1ncccc1F)CC2(C)c1cccc(Cl)c1F. The number of halogens is 3. The quantitative estimate of drug-likeness (QED) is 0.519. The zero-order chi connectivity index (χ0) is 24.1. The molecule has 0 saturated heterocycles. The van der Waals surface area contributed by atoms with Crippen LogP contribution in [0, 0.1) is 11.6 Å². The molecule has 172 valence electrons. The number of pyridine rings is 1. The van der Waals surface area contributed by atoms with Crippen molar-refractivity contribution in [1.29, 1.82) is 0 Å². The van der Waals surface area contributed by atoms with Crippen LogP contribution in [0.25, 0.3) is 0 Å². The molecule has 0 N–H and O–H groups in total. The normalized spacial score (nSPS) is 18.8. The Morgan fingerprint density at radius 1 is 1.18 bits per heavy atom. The summed E-state index contributed by atoms with van der Waals surface area (Å²) in [5.41, 5.74) is -0.900. The average Bonchev–Trinajstić information content (AvgIpc) is 2.77. The third-order valence-electron chi connectivity index (χ3n) is 5.55. The van der Waals surface area contributed by atoms with Crippen molar-refractivity contribution in [2.75, 3.05) is 36.7 Å². The molecule has 3 heterocycles. The van der Waals surface area contributed by atoms with Gasteiger partial charge in [-0.05, 0) is 25.1 Å². The number of rotatable bonds is 4. The van der Waals surface area contributed by atoms with Gasteiger partial charge in [0, 0.05) is 38.7 Å². The van der Waals surface area contributed by atoms with E-state index in [0.29, 0.717) is 0 Å². The lowest BCUT2D eigenvalue weighted by atomic mass is 9.74. The summed E-state index contributed by atoms with van der Waals surface area (Å²) in [4.78, 5) is 29.2. The van der Waals surface area contributed by atoms with Crippen molar-refractivity contribution >= 4 is 39.9 Å². The largest absolute Gasteiger partial charge is 0.362 e. The van der Waals surface area contributed by atoms with Crippen molar-refractivity contribution in [1.82, 2.24) is 15.0 Å². The maximum absolute atomic E-state index is 15.3. The molecule has 0 radical (unpaired) electrons. The molecular weight excluding hydrogens is 472 g/mol. The molecule has 4 rings (SSSR count). The third-order valence-corrected chi connectivity index (χ3v) is 6.54. The maximum Gasteiger partial charge on any atom is 0.265 e. The number of hydrogen-bond donors (Lipinski definition) is 0. The van der Waals surface area contributed by atoms with Crippen molar-refractivity contribution in [3.63, 3.8) is 0 Å². The number of benzene rings is 1. The van der Waals surface area contributed by atoms with E-state index in [1.54, 1.807) is 32.0 Å². The number of hydrogen-bond acceptors (Lipinski definition) is 6. The second-order valence-electron chi connectivity index (χ2n) is 8.04. The maximum atomic E-state index is 15.3. The standard InChI is InChI=1S/C22H20ClF2N5O2S/c1-22(12-7-5-8-13(23)16(12)25)11-30(18-14(24)9-6-10-26-18)20(31)15-17(22)27-21(33(4)32)28-19(15)29(2)3/h5-10H,11H2,1-4H3. The highest BCUT2D eigenvalue weighted by atomic mass is 35.5. The van der Waals surface area contributed by atoms with E-state index in [0.717, 1.165) is 4.90 Å². The first-order chi connectivity index (χ1) is 15.6. The molecule has 0 spiro atoms. The van der Waals surface area contributed by atoms with Crippen molar-refractivity contribution in [2.45, 2.75) is 17.5 Å². The predicted octanol–water partition coefficient (Wildman–Crippen LogP) is 3.57. The Bertz CT molecular complexity index is 1310. The zero-order valence-corrected chi connectivity index (χ0v) is 19.8. The highest BCUT2D eigenvalue weighted by Crippen LogP contribution is 2.44. The fourth-order valence-electron chi connectivity index (χ4n) is 3.96. The Balaban J connectivity index is 2.10. The van der Waals surface area contributed by atoms with Crippen LogP contribution in [-0.2, 0) is 16.2 Å². The number of amides is 1. The summed E-state index contributed by atoms with van der Waals surface area (Å²) < 4.78 is 42.3. The van der Waals surface area contributed by atoms with Gasteiger partial charge in [0.05, 0.1) is 26.9 Å². The van der Waals surface area contributed by atoms with Gasteiger partial charge in [-0.15, -0.1) is 0 Å². The molecule has 0 aliphatic carbocycles. The van der Waals surface area contributed by atoms with Crippen molar-refractivity contribution in [2.24, 2.45) is 0 Å². The second-order valence-corrected chi connectivity index (χ2v) is 9.72. The summed E-state index contributed by atoms with van der Waals surface area (Å²) in [5.74, 6) is -2.01. The highest BCUT2D eigenvalue weighted by Gasteiger charge is 2.47. The Morgan fingerprint density at radius 3 is 2.55 bits per heavy atom. The number of carbonyl (C=O) groups is 1. The molecule has 0 fully saturated rings. The summed E-state index contributed by atoms with van der Waals surface area (Å²) in [6.07, 6.45) is 2.78. The smallest absolute Gasteiger partial charge is 0.265 e. The fourth-order valence-corrected chi connectivity index (χ4v) is 4.57. The van der Waals surface area contributed by atoms with Crippen LogP contribution in [0.15, 0.2) is 41.7 Å². The molecular formula is C22H20ClF2N5O2S. The molecule has 1 aliphatic rings. The molecule has 2 atom stereocenters. The minimum absolute atomic E-state index is 0.00335. The summed E-state index contributed by atoms with van der Waals surface area (Å²) >= 11 is 6.08. The van der Waals surface area contributed by atoms with Crippen molar-refractivity contribution in [3.8, 4) is 0 Å². The first-order valence-electron chi connectivity index (χ1n) is 9.86. The van der Waals surface area contributed by atoms with Gasteiger partial charge in [-0.2, -0.15) is 0 Å². The van der Waals surface area contributed by atoms with Gasteiger partial charge < -0.3 is 4.90 Å². The summed E-state index contributed by atoms with van der Waals surface area (Å²) in [5, 5.41) is -0.111. The number of aromatic nitrogens is 3. The van der Waals surface area contributed by atoms with Crippen molar-refractivity contribution < 1.29 is 17.8 Å². The monoisotopic (exact) mass is 491 g/mol. The number of nitrogens with zero attached hydrogens (tertiary/aromatic N) is 5. The minimum Gasteiger partial charge on any atom is -0.362 e. The van der Waals surface area contributed by atoms with Gasteiger partial charge in [-0.25, -0.2) is 23.7 Å². The molecule has 1 aliphatic heterocycles. The van der Waals surface area contributed by atoms with Gasteiger partial charge in [0.1, 0.15) is 17.2 Å². The van der Waals surface area contributed by atoms with E-state index in [-0.39, 0.29) is 45.2 Å². The lowest BCUT2D eigenvalue weighted by Gasteiger charge is -2.41. The Labute approximate surface area is 196 Å². The van der Waals surface area contributed by atoms with E-state index < -0.39 is 33.8 Å². The van der Waals surface area contributed by atoms with E-state index in [1.165, 1.54) is 36.7 Å². The molecule has 2 aromatic heterocycles. The number of carbonyl (C=O) groups excluding carboxylic acids is 1. The van der Waals surface area contributed by atoms with Gasteiger partial charge in [-0.1, -0.05) is 23.7 Å². The predicted molar refractivity (Wildman–Crippen MR) is 122 cm³/mol. The van der Waals surface area contributed by atoms with Crippen LogP contribution in [0.4, 0.5) is 20.4 Å². The first kappa shape index (κ1) is 23.2. The van der Waals surface area contributed by atoms with E-state index in [1.807, 2.05) is 0 Å². The molecule has 0 saturated carbocycles. The van der Waals surface area contributed by atoms with Crippen LogP contribution in [0.3, 0.4) is 0 Å². The van der Waals surface area contributed by atoms with Crippen LogP contribution >= 0.6 is 11.6 Å². The van der Waals surface area contributed by atoms with E-state index in [9.17, 15) is 13.4 Å². The molecule has 0 bridgehead atoms. The minimum atomic E-state index is -1.58. The fraction of sp³-hybridized carbons (Fsp3) is 0.273. The second kappa shape index (κ2) is 8.42. The van der Waals surface area contributed by atoms with Crippen LogP contribution in [0.2, 0.25) is 5.02 Å². The van der Waals surface area contributed by atoms with Crippen LogP contribution in [-0.4, -0.2) is 52.0 Å². The van der Waals surface area contributed by atoms with E-state index in [4.69, 9.17) is 11.6 Å². The highest BCUT2D eigenvalue weighted by molar-refractivity contribution is 7.84. The molecule has 1 aromatic carbocycles. The Morgan fingerprint density at radius 2 is 1.91 bits per heavy atom. The van der Waals surface area contributed by atoms with Crippen LogP contribution in [0.1, 0.15) is 28.5 Å². The first-order valence-corrected chi connectivity index (χ1v) is 11.8. The van der Waals surface area contributed by atoms with Crippen LogP contribution in [0.5, 0.6) is 0 Å². The Hall–Kier alpha value is -2.98. The van der Waals surface area contributed by atoms with Crippen LogP contribution < -0.4 is 9.80 Å². The molecule has 3 aromatic rings. The number of fused-ring (bicyclic) bond motifs is 1. The van der Waals surface area contributed by atoms with E-state index >= 15 is 4.39 Å². The van der Waals surface area contributed by atoms with Gasteiger partial charge in [0.25, 0.3) is 5.91 Å². The third kappa shape index (κ3) is 3.76. The van der Waals surface area contributed by atoms with Gasteiger partial charge >= 0.3 is 0 Å². The molecule has 11 heteroatoms. The van der Waals surface area contributed by atoms with Crippen molar-refractivity contribution in [3.05, 3.63) is 70.0 Å². The van der Waals surface area contributed by atoms with Gasteiger partial charge in [0.15, 0.2) is 11.6 Å². The van der Waals surface area contributed by atoms with E-state index in [2.05, 4.69) is 15.0 Å². The molecule has 1 amide bonds. The topological polar surface area (TPSA) is 79.3 Å². The lowest BCUT2D eigenvalue weighted by Crippen LogP contribution is -2.51.